The van der Waals surface area contributed by atoms with Crippen LogP contribution in [0.5, 0.6) is 5.75 Å². The van der Waals surface area contributed by atoms with Crippen LogP contribution >= 0.6 is 11.6 Å². The van der Waals surface area contributed by atoms with Crippen LogP contribution in [0.4, 0.5) is 17.2 Å². The Kier molecular flexibility index (Phi) is 6.44. The second kappa shape index (κ2) is 8.78. The molecule has 1 aromatic heterocycles. The number of nitro groups is 1. The van der Waals surface area contributed by atoms with Gasteiger partial charge in [-0.15, -0.1) is 0 Å². The molecule has 0 amide bonds. The van der Waals surface area contributed by atoms with Crippen molar-refractivity contribution in [3.8, 4) is 5.75 Å². The number of nitrogens with zero attached hydrogens (tertiary/aromatic N) is 3. The normalized spacial score (nSPS) is 10.2. The lowest BCUT2D eigenvalue weighted by molar-refractivity contribution is -0.384. The van der Waals surface area contributed by atoms with Crippen LogP contribution < -0.4 is 10.1 Å². The number of benzene rings is 1. The third-order valence-electron chi connectivity index (χ3n) is 3.04. The first-order valence-electron chi connectivity index (χ1n) is 7.20. The highest BCUT2D eigenvalue weighted by atomic mass is 35.5. The summed E-state index contributed by atoms with van der Waals surface area (Å²) in [4.78, 5) is 28.0. The zero-order valence-electron chi connectivity index (χ0n) is 12.6. The van der Waals surface area contributed by atoms with Crippen molar-refractivity contribution in [1.29, 1.82) is 0 Å². The summed E-state index contributed by atoms with van der Waals surface area (Å²) in [6, 6.07) is 6.88. The fraction of sp³-hybridized carbons (Fsp3) is 0.267. The SMILES string of the molecule is O=CCCCCOc1ccc(Nc2nc(Cl)ncc2[N+](=O)[O-])cc1. The van der Waals surface area contributed by atoms with Crippen molar-refractivity contribution in [1.82, 2.24) is 9.97 Å². The van der Waals surface area contributed by atoms with Gasteiger partial charge in [0.1, 0.15) is 18.2 Å². The van der Waals surface area contributed by atoms with Crippen LogP contribution in [0.15, 0.2) is 30.5 Å². The van der Waals surface area contributed by atoms with Crippen molar-refractivity contribution in [2.45, 2.75) is 19.3 Å². The Morgan fingerprint density at radius 3 is 2.71 bits per heavy atom. The molecule has 1 heterocycles. The molecule has 2 aromatic rings. The number of unbranched alkanes of at least 4 members (excludes halogenated alkanes) is 2. The van der Waals surface area contributed by atoms with E-state index < -0.39 is 4.92 Å². The van der Waals surface area contributed by atoms with E-state index >= 15 is 0 Å². The first kappa shape index (κ1) is 17.6. The molecule has 9 heteroatoms. The van der Waals surface area contributed by atoms with Crippen LogP contribution in [0, 0.1) is 10.1 Å². The number of ether oxygens (including phenoxy) is 1. The highest BCUT2D eigenvalue weighted by Gasteiger charge is 2.17. The number of aromatic nitrogens is 2. The summed E-state index contributed by atoms with van der Waals surface area (Å²) in [5.41, 5.74) is 0.330. The molecule has 0 atom stereocenters. The fourth-order valence-corrected chi connectivity index (χ4v) is 2.00. The monoisotopic (exact) mass is 350 g/mol. The quantitative estimate of drug-likeness (QED) is 0.242. The minimum atomic E-state index is -0.588. The van der Waals surface area contributed by atoms with Crippen molar-refractivity contribution in [2.75, 3.05) is 11.9 Å². The topological polar surface area (TPSA) is 107 Å². The maximum atomic E-state index is 11.0. The van der Waals surface area contributed by atoms with Crippen LogP contribution in [0.25, 0.3) is 0 Å². The first-order chi connectivity index (χ1) is 11.6. The molecule has 0 aliphatic rings. The summed E-state index contributed by atoms with van der Waals surface area (Å²) < 4.78 is 5.54. The zero-order valence-corrected chi connectivity index (χ0v) is 13.4. The van der Waals surface area contributed by atoms with Gasteiger partial charge in [0.25, 0.3) is 0 Å². The maximum absolute atomic E-state index is 11.0. The average Bonchev–Trinajstić information content (AvgIpc) is 2.56. The van der Waals surface area contributed by atoms with E-state index in [1.54, 1.807) is 24.3 Å². The van der Waals surface area contributed by atoms with Gasteiger partial charge in [0.15, 0.2) is 0 Å². The van der Waals surface area contributed by atoms with Crippen LogP contribution in [0.2, 0.25) is 5.28 Å². The summed E-state index contributed by atoms with van der Waals surface area (Å²) in [5.74, 6) is 0.685. The Labute approximate surface area is 143 Å². The molecule has 0 aliphatic heterocycles. The van der Waals surface area contributed by atoms with Crippen molar-refractivity contribution < 1.29 is 14.5 Å². The summed E-state index contributed by atoms with van der Waals surface area (Å²) in [6.07, 6.45) is 4.06. The van der Waals surface area contributed by atoms with Crippen LogP contribution in [-0.2, 0) is 4.79 Å². The molecule has 0 bridgehead atoms. The van der Waals surface area contributed by atoms with E-state index in [2.05, 4.69) is 15.3 Å². The van der Waals surface area contributed by atoms with Crippen molar-refractivity contribution in [3.63, 3.8) is 0 Å². The Balaban J connectivity index is 1.98. The first-order valence-corrected chi connectivity index (χ1v) is 7.58. The molecule has 126 valence electrons. The molecule has 0 spiro atoms. The largest absolute Gasteiger partial charge is 0.494 e. The molecular weight excluding hydrogens is 336 g/mol. The molecule has 0 saturated carbocycles. The van der Waals surface area contributed by atoms with Crippen molar-refractivity contribution >= 4 is 35.1 Å². The van der Waals surface area contributed by atoms with E-state index in [4.69, 9.17) is 16.3 Å². The average molecular weight is 351 g/mol. The van der Waals surface area contributed by atoms with Gasteiger partial charge < -0.3 is 14.8 Å². The molecular formula is C15H15ClN4O4. The number of halogens is 1. The number of carbonyl (C=O) groups excluding carboxylic acids is 1. The number of hydrogen-bond acceptors (Lipinski definition) is 7. The second-order valence-electron chi connectivity index (χ2n) is 4.79. The van der Waals surface area contributed by atoms with Crippen molar-refractivity contribution in [2.24, 2.45) is 0 Å². The fourth-order valence-electron chi connectivity index (χ4n) is 1.87. The molecule has 0 saturated heterocycles. The maximum Gasteiger partial charge on any atom is 0.329 e. The van der Waals surface area contributed by atoms with Gasteiger partial charge in [-0.3, -0.25) is 10.1 Å². The van der Waals surface area contributed by atoms with Crippen LogP contribution in [0.3, 0.4) is 0 Å². The van der Waals surface area contributed by atoms with Gasteiger partial charge >= 0.3 is 5.69 Å². The lowest BCUT2D eigenvalue weighted by Gasteiger charge is -2.08. The van der Waals surface area contributed by atoms with Gasteiger partial charge in [0.05, 0.1) is 11.5 Å². The second-order valence-corrected chi connectivity index (χ2v) is 5.13. The molecule has 8 nitrogen and oxygen atoms in total. The van der Waals surface area contributed by atoms with Gasteiger partial charge in [-0.05, 0) is 48.7 Å². The Bertz CT molecular complexity index is 709. The molecule has 2 rings (SSSR count). The Hall–Kier alpha value is -2.74. The summed E-state index contributed by atoms with van der Waals surface area (Å²) >= 11 is 5.68. The van der Waals surface area contributed by atoms with Gasteiger partial charge in [-0.1, -0.05) is 0 Å². The molecule has 0 unspecified atom stereocenters. The molecule has 0 radical (unpaired) electrons. The van der Waals surface area contributed by atoms with Gasteiger partial charge in [-0.2, -0.15) is 4.98 Å². The molecule has 0 fully saturated rings. The number of nitrogens with one attached hydrogen (secondary N) is 1. The summed E-state index contributed by atoms with van der Waals surface area (Å²) in [6.45, 7) is 0.521. The van der Waals surface area contributed by atoms with Gasteiger partial charge in [-0.25, -0.2) is 4.98 Å². The van der Waals surface area contributed by atoms with E-state index in [1.807, 2.05) is 0 Å². The summed E-state index contributed by atoms with van der Waals surface area (Å²) in [7, 11) is 0. The van der Waals surface area contributed by atoms with E-state index in [0.29, 0.717) is 24.5 Å². The number of anilines is 2. The minimum absolute atomic E-state index is 0.0162. The van der Waals surface area contributed by atoms with Crippen LogP contribution in [-0.4, -0.2) is 27.8 Å². The van der Waals surface area contributed by atoms with E-state index in [1.165, 1.54) is 0 Å². The molecule has 1 aromatic carbocycles. The number of rotatable bonds is 9. The van der Waals surface area contributed by atoms with E-state index in [0.717, 1.165) is 25.3 Å². The lowest BCUT2D eigenvalue weighted by atomic mass is 10.2. The predicted molar refractivity (Wildman–Crippen MR) is 88.8 cm³/mol. The van der Waals surface area contributed by atoms with E-state index in [-0.39, 0.29) is 16.8 Å². The van der Waals surface area contributed by atoms with Crippen LogP contribution in [0.1, 0.15) is 19.3 Å². The molecule has 24 heavy (non-hydrogen) atoms. The summed E-state index contributed by atoms with van der Waals surface area (Å²) in [5, 5.41) is 13.7. The number of carbonyl (C=O) groups is 1. The number of hydrogen-bond donors (Lipinski definition) is 1. The highest BCUT2D eigenvalue weighted by molar-refractivity contribution is 6.28. The Morgan fingerprint density at radius 1 is 1.29 bits per heavy atom. The third-order valence-corrected chi connectivity index (χ3v) is 3.22. The minimum Gasteiger partial charge on any atom is -0.494 e. The third kappa shape index (κ3) is 5.17. The lowest BCUT2D eigenvalue weighted by Crippen LogP contribution is -2.01. The zero-order chi connectivity index (χ0) is 17.4. The molecule has 0 aliphatic carbocycles. The Morgan fingerprint density at radius 2 is 2.04 bits per heavy atom. The van der Waals surface area contributed by atoms with Gasteiger partial charge in [0.2, 0.25) is 11.1 Å². The smallest absolute Gasteiger partial charge is 0.329 e. The standard InChI is InChI=1S/C15H15ClN4O4/c16-15-17-10-13(20(22)23)14(19-15)18-11-4-6-12(7-5-11)24-9-3-1-2-8-21/h4-8,10H,1-3,9H2,(H,17,18,19). The van der Waals surface area contributed by atoms with Gasteiger partial charge in [0, 0.05) is 12.1 Å². The van der Waals surface area contributed by atoms with E-state index in [9.17, 15) is 14.9 Å². The number of aldehydes is 1. The predicted octanol–water partition coefficient (Wildman–Crippen LogP) is 3.53. The van der Waals surface area contributed by atoms with Crippen molar-refractivity contribution in [3.05, 3.63) is 45.9 Å². The highest BCUT2D eigenvalue weighted by Crippen LogP contribution is 2.26. The molecule has 1 N–H and O–H groups in total.